The summed E-state index contributed by atoms with van der Waals surface area (Å²) in [7, 11) is 0. The van der Waals surface area contributed by atoms with Crippen molar-refractivity contribution in [1.29, 1.82) is 0 Å². The summed E-state index contributed by atoms with van der Waals surface area (Å²) in [6.45, 7) is 1.77. The zero-order valence-electron chi connectivity index (χ0n) is 10.7. The van der Waals surface area contributed by atoms with Gasteiger partial charge in [-0.3, -0.25) is 10.1 Å². The van der Waals surface area contributed by atoms with Crippen molar-refractivity contribution in [2.45, 2.75) is 6.92 Å². The van der Waals surface area contributed by atoms with E-state index in [0.717, 1.165) is 17.8 Å². The van der Waals surface area contributed by atoms with Gasteiger partial charge in [-0.05, 0) is 24.6 Å². The number of hydrogen-bond acceptors (Lipinski definition) is 5. The van der Waals surface area contributed by atoms with Gasteiger partial charge in [-0.2, -0.15) is 0 Å². The Bertz CT molecular complexity index is 732. The minimum Gasteiger partial charge on any atom is -0.477 e. The van der Waals surface area contributed by atoms with Crippen molar-refractivity contribution < 1.29 is 19.6 Å². The smallest absolute Gasteiger partial charge is 0.342 e. The zero-order chi connectivity index (χ0) is 15.6. The molecule has 1 aromatic carbocycles. The van der Waals surface area contributed by atoms with Crippen LogP contribution in [0, 0.1) is 17.0 Å². The number of aromatic nitrogens is 1. The van der Waals surface area contributed by atoms with Crippen LogP contribution in [0.2, 0.25) is 5.02 Å². The number of pyridine rings is 1. The first-order valence-electron chi connectivity index (χ1n) is 5.70. The molecule has 0 amide bonds. The van der Waals surface area contributed by atoms with Gasteiger partial charge in [0.05, 0.1) is 4.92 Å². The lowest BCUT2D eigenvalue weighted by Gasteiger charge is -2.08. The van der Waals surface area contributed by atoms with Crippen molar-refractivity contribution in [3.8, 4) is 11.6 Å². The van der Waals surface area contributed by atoms with E-state index >= 15 is 0 Å². The third-order valence-corrected chi connectivity index (χ3v) is 2.88. The Morgan fingerprint density at radius 3 is 2.76 bits per heavy atom. The second-order valence-corrected chi connectivity index (χ2v) is 4.55. The third kappa shape index (κ3) is 3.26. The van der Waals surface area contributed by atoms with E-state index in [1.54, 1.807) is 25.1 Å². The summed E-state index contributed by atoms with van der Waals surface area (Å²) < 4.78 is 5.43. The Morgan fingerprint density at radius 2 is 2.14 bits per heavy atom. The van der Waals surface area contributed by atoms with Crippen LogP contribution in [0.5, 0.6) is 11.6 Å². The molecule has 2 rings (SSSR count). The highest BCUT2D eigenvalue weighted by Gasteiger charge is 2.21. The number of ether oxygens (including phenoxy) is 1. The summed E-state index contributed by atoms with van der Waals surface area (Å²) in [6.07, 6.45) is 0.846. The van der Waals surface area contributed by atoms with E-state index in [4.69, 9.17) is 21.4 Å². The van der Waals surface area contributed by atoms with Crippen molar-refractivity contribution in [1.82, 2.24) is 4.98 Å². The Morgan fingerprint density at radius 1 is 1.43 bits per heavy atom. The molecule has 0 spiro atoms. The number of nitro groups is 1. The van der Waals surface area contributed by atoms with E-state index < -0.39 is 22.1 Å². The van der Waals surface area contributed by atoms with Gasteiger partial charge in [0.15, 0.2) is 0 Å². The van der Waals surface area contributed by atoms with Crippen LogP contribution in [0.4, 0.5) is 5.69 Å². The SMILES string of the molecule is Cc1ccc(Cl)cc1Oc1cc(C(=O)O)c([N+](=O)[O-])cn1. The molecule has 0 saturated carbocycles. The maximum absolute atomic E-state index is 11.0. The van der Waals surface area contributed by atoms with Crippen LogP contribution in [0.15, 0.2) is 30.5 Å². The van der Waals surface area contributed by atoms with E-state index in [0.29, 0.717) is 10.8 Å². The van der Waals surface area contributed by atoms with E-state index in [9.17, 15) is 14.9 Å². The number of hydrogen-bond donors (Lipinski definition) is 1. The highest BCUT2D eigenvalue weighted by molar-refractivity contribution is 6.30. The number of nitrogens with zero attached hydrogens (tertiary/aromatic N) is 2. The standard InChI is InChI=1S/C13H9ClN2O5/c1-7-2-3-8(14)4-11(7)21-12-5-9(13(17)18)10(6-15-12)16(19)20/h2-6H,1H3,(H,17,18). The van der Waals surface area contributed by atoms with Crippen molar-refractivity contribution in [2.24, 2.45) is 0 Å². The maximum Gasteiger partial charge on any atom is 0.342 e. The zero-order valence-corrected chi connectivity index (χ0v) is 11.5. The Balaban J connectivity index is 2.41. The molecular weight excluding hydrogens is 300 g/mol. The summed E-state index contributed by atoms with van der Waals surface area (Å²) in [5.41, 5.74) is -0.334. The molecular formula is C13H9ClN2O5. The molecule has 8 heteroatoms. The van der Waals surface area contributed by atoms with Gasteiger partial charge in [-0.15, -0.1) is 0 Å². The number of carbonyl (C=O) groups is 1. The molecule has 1 N–H and O–H groups in total. The van der Waals surface area contributed by atoms with Crippen molar-refractivity contribution in [2.75, 3.05) is 0 Å². The molecule has 0 radical (unpaired) electrons. The highest BCUT2D eigenvalue weighted by Crippen LogP contribution is 2.29. The Kier molecular flexibility index (Phi) is 4.04. The molecule has 0 atom stereocenters. The van der Waals surface area contributed by atoms with Gasteiger partial charge < -0.3 is 9.84 Å². The topological polar surface area (TPSA) is 103 Å². The lowest BCUT2D eigenvalue weighted by atomic mass is 10.2. The fourth-order valence-electron chi connectivity index (χ4n) is 1.60. The summed E-state index contributed by atoms with van der Waals surface area (Å²) in [5.74, 6) is -1.11. The average molecular weight is 309 g/mol. The van der Waals surface area contributed by atoms with Gasteiger partial charge >= 0.3 is 11.7 Å². The van der Waals surface area contributed by atoms with E-state index in [2.05, 4.69) is 4.98 Å². The van der Waals surface area contributed by atoms with Crippen LogP contribution in [-0.4, -0.2) is 21.0 Å². The molecule has 7 nitrogen and oxygen atoms in total. The molecule has 21 heavy (non-hydrogen) atoms. The van der Waals surface area contributed by atoms with Crippen LogP contribution in [0.1, 0.15) is 15.9 Å². The number of halogens is 1. The van der Waals surface area contributed by atoms with Crippen LogP contribution in [0.25, 0.3) is 0 Å². The highest BCUT2D eigenvalue weighted by atomic mass is 35.5. The third-order valence-electron chi connectivity index (χ3n) is 2.65. The van der Waals surface area contributed by atoms with Crippen molar-refractivity contribution >= 4 is 23.3 Å². The predicted octanol–water partition coefficient (Wildman–Crippen LogP) is 3.44. The monoisotopic (exact) mass is 308 g/mol. The normalized spacial score (nSPS) is 10.2. The first-order chi connectivity index (χ1) is 9.88. The Labute approximate surface area is 123 Å². The Hall–Kier alpha value is -2.67. The van der Waals surface area contributed by atoms with Gasteiger partial charge in [0, 0.05) is 11.1 Å². The molecule has 2 aromatic rings. The molecule has 0 fully saturated rings. The molecule has 0 aliphatic carbocycles. The van der Waals surface area contributed by atoms with Gasteiger partial charge in [-0.1, -0.05) is 17.7 Å². The minimum absolute atomic E-state index is 0.0663. The fourth-order valence-corrected chi connectivity index (χ4v) is 1.76. The van der Waals surface area contributed by atoms with Gasteiger partial charge in [0.25, 0.3) is 0 Å². The summed E-state index contributed by atoms with van der Waals surface area (Å²) in [4.78, 5) is 24.7. The maximum atomic E-state index is 11.0. The number of rotatable bonds is 4. The van der Waals surface area contributed by atoms with Crippen LogP contribution < -0.4 is 4.74 Å². The first-order valence-corrected chi connectivity index (χ1v) is 6.08. The van der Waals surface area contributed by atoms with Gasteiger partial charge in [-0.25, -0.2) is 9.78 Å². The summed E-state index contributed by atoms with van der Waals surface area (Å²) >= 11 is 5.85. The first kappa shape index (κ1) is 14.7. The van der Waals surface area contributed by atoms with Gasteiger partial charge in [0.1, 0.15) is 17.5 Å². The number of aryl methyl sites for hydroxylation is 1. The second kappa shape index (κ2) is 5.76. The number of benzene rings is 1. The van der Waals surface area contributed by atoms with Gasteiger partial charge in [0.2, 0.25) is 5.88 Å². The van der Waals surface area contributed by atoms with Crippen molar-refractivity contribution in [3.05, 3.63) is 56.7 Å². The predicted molar refractivity (Wildman–Crippen MR) is 74.1 cm³/mol. The number of carboxylic acid groups (broad SMARTS) is 1. The number of aromatic carboxylic acids is 1. The van der Waals surface area contributed by atoms with Crippen LogP contribution in [-0.2, 0) is 0 Å². The quantitative estimate of drug-likeness (QED) is 0.685. The number of carboxylic acids is 1. The molecule has 0 bridgehead atoms. The molecule has 0 unspecified atom stereocenters. The molecule has 0 aliphatic heterocycles. The van der Waals surface area contributed by atoms with Crippen molar-refractivity contribution in [3.63, 3.8) is 0 Å². The van der Waals surface area contributed by atoms with E-state index in [1.165, 1.54) is 0 Å². The molecule has 0 aliphatic rings. The second-order valence-electron chi connectivity index (χ2n) is 4.11. The fraction of sp³-hybridized carbons (Fsp3) is 0.0769. The van der Waals surface area contributed by atoms with E-state index in [1.807, 2.05) is 0 Å². The lowest BCUT2D eigenvalue weighted by molar-refractivity contribution is -0.385. The van der Waals surface area contributed by atoms with Crippen LogP contribution >= 0.6 is 11.6 Å². The molecule has 0 saturated heterocycles. The summed E-state index contributed by atoms with van der Waals surface area (Å²) in [6, 6.07) is 5.94. The molecule has 1 aromatic heterocycles. The largest absolute Gasteiger partial charge is 0.477 e. The van der Waals surface area contributed by atoms with Crippen LogP contribution in [0.3, 0.4) is 0 Å². The average Bonchev–Trinajstić information content (AvgIpc) is 2.42. The molecule has 1 heterocycles. The molecule has 108 valence electrons. The van der Waals surface area contributed by atoms with E-state index in [-0.39, 0.29) is 5.88 Å². The lowest BCUT2D eigenvalue weighted by Crippen LogP contribution is -2.04. The minimum atomic E-state index is -1.43. The summed E-state index contributed by atoms with van der Waals surface area (Å²) in [5, 5.41) is 20.2.